The van der Waals surface area contributed by atoms with Crippen LogP contribution in [0.5, 0.6) is 0 Å². The van der Waals surface area contributed by atoms with Crippen LogP contribution in [0.1, 0.15) is 65.7 Å². The smallest absolute Gasteiger partial charge is 0.321 e. The summed E-state index contributed by atoms with van der Waals surface area (Å²) in [6.45, 7) is 8.15. The van der Waals surface area contributed by atoms with Crippen molar-refractivity contribution in [1.82, 2.24) is 0 Å². The third kappa shape index (κ3) is 6.91. The Hall–Kier alpha value is 0.137. The van der Waals surface area contributed by atoms with Gasteiger partial charge in [0.25, 0.3) is 0 Å². The van der Waals surface area contributed by atoms with Crippen molar-refractivity contribution in [2.24, 2.45) is 11.8 Å². The SMILES string of the molecule is CCO[SiH](CC(C)CCC1CCCCC1)OCC. The van der Waals surface area contributed by atoms with Crippen molar-refractivity contribution < 1.29 is 8.85 Å². The minimum atomic E-state index is -1.37. The van der Waals surface area contributed by atoms with Gasteiger partial charge in [-0.1, -0.05) is 51.9 Å². The van der Waals surface area contributed by atoms with E-state index in [1.807, 2.05) is 0 Å². The van der Waals surface area contributed by atoms with Gasteiger partial charge >= 0.3 is 9.28 Å². The zero-order valence-corrected chi connectivity index (χ0v) is 13.8. The maximum atomic E-state index is 5.76. The summed E-state index contributed by atoms with van der Waals surface area (Å²) >= 11 is 0. The van der Waals surface area contributed by atoms with Gasteiger partial charge < -0.3 is 8.85 Å². The van der Waals surface area contributed by atoms with Crippen molar-refractivity contribution in [3.8, 4) is 0 Å². The van der Waals surface area contributed by atoms with Crippen LogP contribution in [0.3, 0.4) is 0 Å². The Morgan fingerprint density at radius 3 is 2.22 bits per heavy atom. The summed E-state index contributed by atoms with van der Waals surface area (Å²) in [4.78, 5) is 0. The summed E-state index contributed by atoms with van der Waals surface area (Å²) in [5.74, 6) is 1.79. The van der Waals surface area contributed by atoms with E-state index < -0.39 is 9.28 Å². The molecule has 1 aliphatic carbocycles. The maximum Gasteiger partial charge on any atom is 0.321 e. The van der Waals surface area contributed by atoms with E-state index in [0.29, 0.717) is 0 Å². The second-order valence-electron chi connectivity index (χ2n) is 5.76. The van der Waals surface area contributed by atoms with Gasteiger partial charge in [-0.05, 0) is 31.7 Å². The molecular formula is C15H32O2Si. The predicted molar refractivity (Wildman–Crippen MR) is 80.2 cm³/mol. The van der Waals surface area contributed by atoms with Gasteiger partial charge in [0.2, 0.25) is 0 Å². The predicted octanol–water partition coefficient (Wildman–Crippen LogP) is 4.28. The van der Waals surface area contributed by atoms with Gasteiger partial charge in [0, 0.05) is 13.2 Å². The first-order valence-electron chi connectivity index (χ1n) is 7.99. The van der Waals surface area contributed by atoms with E-state index in [1.54, 1.807) is 0 Å². The van der Waals surface area contributed by atoms with Gasteiger partial charge in [0.05, 0.1) is 0 Å². The fourth-order valence-corrected chi connectivity index (χ4v) is 5.00. The van der Waals surface area contributed by atoms with E-state index in [-0.39, 0.29) is 0 Å². The largest absolute Gasteiger partial charge is 0.397 e. The first-order chi connectivity index (χ1) is 8.76. The van der Waals surface area contributed by atoms with Crippen molar-refractivity contribution in [1.29, 1.82) is 0 Å². The summed E-state index contributed by atoms with van der Waals surface area (Å²) < 4.78 is 11.5. The molecule has 1 aliphatic rings. The summed E-state index contributed by atoms with van der Waals surface area (Å²) in [6, 6.07) is 1.19. The van der Waals surface area contributed by atoms with Crippen LogP contribution in [-0.4, -0.2) is 22.5 Å². The van der Waals surface area contributed by atoms with Crippen LogP contribution in [0.4, 0.5) is 0 Å². The number of hydrogen-bond donors (Lipinski definition) is 0. The Balaban J connectivity index is 2.15. The van der Waals surface area contributed by atoms with Crippen molar-refractivity contribution >= 4 is 9.28 Å². The minimum Gasteiger partial charge on any atom is -0.397 e. The second kappa shape index (κ2) is 9.99. The molecule has 0 aromatic heterocycles. The van der Waals surface area contributed by atoms with Gasteiger partial charge in [0.15, 0.2) is 0 Å². The van der Waals surface area contributed by atoms with E-state index in [4.69, 9.17) is 8.85 Å². The van der Waals surface area contributed by atoms with Crippen LogP contribution in [0.2, 0.25) is 6.04 Å². The minimum absolute atomic E-state index is 0.779. The molecule has 0 saturated heterocycles. The monoisotopic (exact) mass is 272 g/mol. The van der Waals surface area contributed by atoms with E-state index >= 15 is 0 Å². The van der Waals surface area contributed by atoms with Crippen molar-refractivity contribution in [2.75, 3.05) is 13.2 Å². The third-order valence-electron chi connectivity index (χ3n) is 4.09. The molecule has 18 heavy (non-hydrogen) atoms. The molecule has 0 bridgehead atoms. The lowest BCUT2D eigenvalue weighted by Crippen LogP contribution is -2.25. The van der Waals surface area contributed by atoms with Crippen molar-refractivity contribution in [3.63, 3.8) is 0 Å². The normalized spacial score (nSPS) is 19.3. The van der Waals surface area contributed by atoms with Gasteiger partial charge in [-0.25, -0.2) is 0 Å². The average Bonchev–Trinajstić information content (AvgIpc) is 2.38. The molecule has 0 radical (unpaired) electrons. The van der Waals surface area contributed by atoms with Crippen LogP contribution in [0.25, 0.3) is 0 Å². The van der Waals surface area contributed by atoms with Crippen LogP contribution >= 0.6 is 0 Å². The van der Waals surface area contributed by atoms with E-state index in [9.17, 15) is 0 Å². The lowest BCUT2D eigenvalue weighted by Gasteiger charge is -2.24. The average molecular weight is 273 g/mol. The Bertz CT molecular complexity index is 187. The van der Waals surface area contributed by atoms with Crippen LogP contribution in [-0.2, 0) is 8.85 Å². The van der Waals surface area contributed by atoms with Gasteiger partial charge in [-0.2, -0.15) is 0 Å². The third-order valence-corrected chi connectivity index (χ3v) is 6.69. The van der Waals surface area contributed by atoms with Gasteiger partial charge in [0.1, 0.15) is 0 Å². The molecule has 3 heteroatoms. The first kappa shape index (κ1) is 16.2. The van der Waals surface area contributed by atoms with E-state index in [1.165, 1.54) is 51.0 Å². The summed E-state index contributed by atoms with van der Waals surface area (Å²) in [5, 5.41) is 0. The molecule has 1 rings (SSSR count). The molecule has 1 fully saturated rings. The highest BCUT2D eigenvalue weighted by atomic mass is 28.3. The van der Waals surface area contributed by atoms with Crippen LogP contribution in [0, 0.1) is 11.8 Å². The first-order valence-corrected chi connectivity index (χ1v) is 9.75. The summed E-state index contributed by atoms with van der Waals surface area (Å²) in [7, 11) is -1.37. The molecule has 0 heterocycles. The highest BCUT2D eigenvalue weighted by molar-refractivity contribution is 6.44. The van der Waals surface area contributed by atoms with Crippen LogP contribution < -0.4 is 0 Å². The molecule has 0 aliphatic heterocycles. The summed E-state index contributed by atoms with van der Waals surface area (Å²) in [5.41, 5.74) is 0. The number of hydrogen-bond acceptors (Lipinski definition) is 2. The Morgan fingerprint density at radius 1 is 1.06 bits per heavy atom. The van der Waals surface area contributed by atoms with E-state index in [0.717, 1.165) is 25.0 Å². The molecule has 2 nitrogen and oxygen atoms in total. The molecule has 0 aromatic rings. The zero-order valence-electron chi connectivity index (χ0n) is 12.6. The molecular weight excluding hydrogens is 240 g/mol. The second-order valence-corrected chi connectivity index (χ2v) is 7.76. The molecule has 1 unspecified atom stereocenters. The lowest BCUT2D eigenvalue weighted by atomic mass is 9.85. The summed E-state index contributed by atoms with van der Waals surface area (Å²) in [6.07, 6.45) is 10.2. The Kier molecular flexibility index (Phi) is 8.98. The molecule has 0 aromatic carbocycles. The molecule has 1 saturated carbocycles. The molecule has 0 amide bonds. The standard InChI is InChI=1S/C15H32O2Si/c1-4-16-18(17-5-2)13-14(3)11-12-15-9-7-6-8-10-15/h14-15,18H,4-13H2,1-3H3. The lowest BCUT2D eigenvalue weighted by molar-refractivity contribution is 0.207. The zero-order chi connectivity index (χ0) is 13.2. The molecule has 0 spiro atoms. The topological polar surface area (TPSA) is 18.5 Å². The fraction of sp³-hybridized carbons (Fsp3) is 1.00. The quantitative estimate of drug-likeness (QED) is 0.583. The number of rotatable bonds is 9. The fourth-order valence-electron chi connectivity index (χ4n) is 3.00. The maximum absolute atomic E-state index is 5.76. The van der Waals surface area contributed by atoms with Gasteiger partial charge in [-0.15, -0.1) is 0 Å². The highest BCUT2D eigenvalue weighted by Gasteiger charge is 2.19. The molecule has 0 N–H and O–H groups in total. The van der Waals surface area contributed by atoms with Gasteiger partial charge in [-0.3, -0.25) is 0 Å². The molecule has 1 atom stereocenters. The van der Waals surface area contributed by atoms with Crippen LogP contribution in [0.15, 0.2) is 0 Å². The van der Waals surface area contributed by atoms with Crippen molar-refractivity contribution in [3.05, 3.63) is 0 Å². The molecule has 108 valence electrons. The van der Waals surface area contributed by atoms with Crippen molar-refractivity contribution in [2.45, 2.75) is 71.8 Å². The Labute approximate surface area is 115 Å². The van der Waals surface area contributed by atoms with E-state index in [2.05, 4.69) is 20.8 Å². The Morgan fingerprint density at radius 2 is 1.67 bits per heavy atom. The highest BCUT2D eigenvalue weighted by Crippen LogP contribution is 2.29.